The van der Waals surface area contributed by atoms with Crippen LogP contribution in [-0.4, -0.2) is 5.33 Å². The van der Waals surface area contributed by atoms with Gasteiger partial charge in [0.2, 0.25) is 0 Å². The second kappa shape index (κ2) is 4.81. The third kappa shape index (κ3) is 2.22. The number of hydrogen-bond donors (Lipinski definition) is 0. The SMILES string of the molecule is Clc1ccc2c(c1)C=C(CBr)c1ccsc1S2. The van der Waals surface area contributed by atoms with Crippen LogP contribution in [-0.2, 0) is 0 Å². The van der Waals surface area contributed by atoms with E-state index in [1.54, 1.807) is 11.3 Å². The zero-order chi connectivity index (χ0) is 11.8. The molecule has 0 unspecified atom stereocenters. The van der Waals surface area contributed by atoms with Crippen LogP contribution < -0.4 is 0 Å². The highest BCUT2D eigenvalue weighted by atomic mass is 79.9. The number of alkyl halides is 1. The minimum Gasteiger partial charge on any atom is -0.136 e. The zero-order valence-electron chi connectivity index (χ0n) is 8.74. The molecular weight excluding hydrogens is 336 g/mol. The normalized spacial score (nSPS) is 13.6. The second-order valence-corrected chi connectivity index (χ2v) is 6.93. The second-order valence-electron chi connectivity index (χ2n) is 3.71. The van der Waals surface area contributed by atoms with E-state index >= 15 is 0 Å². The highest BCUT2D eigenvalue weighted by Crippen LogP contribution is 2.44. The summed E-state index contributed by atoms with van der Waals surface area (Å²) in [4.78, 5) is 1.27. The van der Waals surface area contributed by atoms with Gasteiger partial charge in [0.1, 0.15) is 0 Å². The van der Waals surface area contributed by atoms with Gasteiger partial charge in [0.05, 0.1) is 4.21 Å². The highest BCUT2D eigenvalue weighted by Gasteiger charge is 2.16. The third-order valence-corrected chi connectivity index (χ3v) is 5.70. The molecule has 0 saturated heterocycles. The lowest BCUT2D eigenvalue weighted by Gasteiger charge is -2.02. The predicted octanol–water partition coefficient (Wildman–Crippen LogP) is 5.80. The van der Waals surface area contributed by atoms with Crippen LogP contribution in [0.1, 0.15) is 11.1 Å². The number of hydrogen-bond acceptors (Lipinski definition) is 2. The molecule has 86 valence electrons. The lowest BCUT2D eigenvalue weighted by atomic mass is 10.1. The molecule has 17 heavy (non-hydrogen) atoms. The zero-order valence-corrected chi connectivity index (χ0v) is 12.7. The van der Waals surface area contributed by atoms with Crippen molar-refractivity contribution >= 4 is 62.3 Å². The summed E-state index contributed by atoms with van der Waals surface area (Å²) in [7, 11) is 0. The summed E-state index contributed by atoms with van der Waals surface area (Å²) >= 11 is 13.2. The summed E-state index contributed by atoms with van der Waals surface area (Å²) in [5.74, 6) is 0. The number of halogens is 2. The van der Waals surface area contributed by atoms with E-state index in [-0.39, 0.29) is 0 Å². The molecule has 1 aromatic carbocycles. The lowest BCUT2D eigenvalue weighted by molar-refractivity contribution is 1.43. The summed E-state index contributed by atoms with van der Waals surface area (Å²) < 4.78 is 1.36. The number of thiophene rings is 1. The fourth-order valence-electron chi connectivity index (χ4n) is 1.81. The Morgan fingerprint density at radius 3 is 2.94 bits per heavy atom. The van der Waals surface area contributed by atoms with Gasteiger partial charge in [-0.15, -0.1) is 11.3 Å². The van der Waals surface area contributed by atoms with Crippen molar-refractivity contribution in [2.24, 2.45) is 0 Å². The molecule has 0 amide bonds. The molecule has 0 bridgehead atoms. The van der Waals surface area contributed by atoms with Crippen LogP contribution in [0.4, 0.5) is 0 Å². The summed E-state index contributed by atoms with van der Waals surface area (Å²) in [6.45, 7) is 0. The van der Waals surface area contributed by atoms with Crippen LogP contribution in [0.15, 0.2) is 38.8 Å². The molecular formula is C13H8BrClS2. The minimum atomic E-state index is 0.791. The molecule has 3 rings (SSSR count). The molecule has 4 heteroatoms. The summed E-state index contributed by atoms with van der Waals surface area (Å²) in [5, 5.41) is 3.80. The molecule has 1 aliphatic heterocycles. The first-order valence-electron chi connectivity index (χ1n) is 5.10. The minimum absolute atomic E-state index is 0.791. The van der Waals surface area contributed by atoms with Crippen molar-refractivity contribution in [2.75, 3.05) is 5.33 Å². The standard InChI is InChI=1S/C13H8BrClS2/c14-7-9-5-8-6-10(15)1-2-12(8)17-13-11(9)3-4-16-13/h1-6H,7H2. The third-order valence-electron chi connectivity index (χ3n) is 2.62. The van der Waals surface area contributed by atoms with Gasteiger partial charge in [-0.25, -0.2) is 0 Å². The van der Waals surface area contributed by atoms with Gasteiger partial charge >= 0.3 is 0 Å². The van der Waals surface area contributed by atoms with E-state index in [0.29, 0.717) is 0 Å². The Labute approximate surface area is 122 Å². The molecule has 0 fully saturated rings. The molecule has 0 nitrogen and oxygen atoms in total. The molecule has 0 atom stereocenters. The van der Waals surface area contributed by atoms with Crippen LogP contribution in [0.5, 0.6) is 0 Å². The van der Waals surface area contributed by atoms with Gasteiger partial charge in [0.25, 0.3) is 0 Å². The Morgan fingerprint density at radius 1 is 1.24 bits per heavy atom. The molecule has 0 aliphatic carbocycles. The smallest absolute Gasteiger partial charge is 0.0722 e. The largest absolute Gasteiger partial charge is 0.136 e. The summed E-state index contributed by atoms with van der Waals surface area (Å²) in [6, 6.07) is 8.27. The molecule has 2 heterocycles. The Balaban J connectivity index is 2.22. The van der Waals surface area contributed by atoms with Crippen LogP contribution in [0.25, 0.3) is 11.6 Å². The summed E-state index contributed by atoms with van der Waals surface area (Å²) in [6.07, 6.45) is 2.22. The number of fused-ring (bicyclic) bond motifs is 2. The maximum atomic E-state index is 6.06. The maximum Gasteiger partial charge on any atom is 0.0722 e. The Hall–Kier alpha value is -0.220. The van der Waals surface area contributed by atoms with Gasteiger partial charge in [-0.05, 0) is 46.9 Å². The first kappa shape index (κ1) is 11.8. The molecule has 0 spiro atoms. The topological polar surface area (TPSA) is 0 Å². The first-order valence-corrected chi connectivity index (χ1v) is 8.29. The van der Waals surface area contributed by atoms with Gasteiger partial charge in [-0.2, -0.15) is 0 Å². The highest BCUT2D eigenvalue weighted by molar-refractivity contribution is 9.09. The van der Waals surface area contributed by atoms with Gasteiger partial charge in [0, 0.05) is 20.8 Å². The monoisotopic (exact) mass is 342 g/mol. The van der Waals surface area contributed by atoms with E-state index in [0.717, 1.165) is 10.4 Å². The van der Waals surface area contributed by atoms with Crippen molar-refractivity contribution in [2.45, 2.75) is 9.10 Å². The van der Waals surface area contributed by atoms with E-state index in [1.165, 1.54) is 25.8 Å². The molecule has 0 saturated carbocycles. The van der Waals surface area contributed by atoms with Crippen molar-refractivity contribution in [1.29, 1.82) is 0 Å². The average molecular weight is 344 g/mol. The Morgan fingerprint density at radius 2 is 2.12 bits per heavy atom. The number of benzene rings is 1. The van der Waals surface area contributed by atoms with Crippen LogP contribution in [0, 0.1) is 0 Å². The van der Waals surface area contributed by atoms with Gasteiger partial charge < -0.3 is 0 Å². The lowest BCUT2D eigenvalue weighted by Crippen LogP contribution is -1.82. The fourth-order valence-corrected chi connectivity index (χ4v) is 4.62. The van der Waals surface area contributed by atoms with Crippen molar-refractivity contribution in [3.63, 3.8) is 0 Å². The molecule has 1 aromatic heterocycles. The Kier molecular flexibility index (Phi) is 3.35. The van der Waals surface area contributed by atoms with E-state index < -0.39 is 0 Å². The van der Waals surface area contributed by atoms with E-state index in [1.807, 2.05) is 23.9 Å². The number of rotatable bonds is 1. The average Bonchev–Trinajstić information content (AvgIpc) is 2.72. The van der Waals surface area contributed by atoms with E-state index in [9.17, 15) is 0 Å². The summed E-state index contributed by atoms with van der Waals surface area (Å²) in [5.41, 5.74) is 3.86. The first-order chi connectivity index (χ1) is 8.28. The van der Waals surface area contributed by atoms with Gasteiger partial charge in [-0.3, -0.25) is 0 Å². The fraction of sp³-hybridized carbons (Fsp3) is 0.0769. The molecule has 0 N–H and O–H groups in total. The van der Waals surface area contributed by atoms with Crippen LogP contribution >= 0.6 is 50.6 Å². The number of allylic oxidation sites excluding steroid dienone is 1. The van der Waals surface area contributed by atoms with Crippen molar-refractivity contribution in [1.82, 2.24) is 0 Å². The maximum absolute atomic E-state index is 6.06. The van der Waals surface area contributed by atoms with Gasteiger partial charge in [0.15, 0.2) is 0 Å². The predicted molar refractivity (Wildman–Crippen MR) is 81.6 cm³/mol. The van der Waals surface area contributed by atoms with E-state index in [2.05, 4.69) is 39.5 Å². The van der Waals surface area contributed by atoms with Gasteiger partial charge in [-0.1, -0.05) is 39.3 Å². The van der Waals surface area contributed by atoms with Crippen molar-refractivity contribution in [3.05, 3.63) is 45.8 Å². The molecule has 0 radical (unpaired) electrons. The molecule has 1 aliphatic rings. The van der Waals surface area contributed by atoms with Crippen LogP contribution in [0.2, 0.25) is 5.02 Å². The Bertz CT molecular complexity index is 601. The van der Waals surface area contributed by atoms with Crippen LogP contribution in [0.3, 0.4) is 0 Å². The van der Waals surface area contributed by atoms with Crippen molar-refractivity contribution < 1.29 is 0 Å². The van der Waals surface area contributed by atoms with E-state index in [4.69, 9.17) is 11.6 Å². The molecule has 2 aromatic rings. The van der Waals surface area contributed by atoms with Crippen molar-refractivity contribution in [3.8, 4) is 0 Å². The quantitative estimate of drug-likeness (QED) is 0.589.